The Morgan fingerprint density at radius 3 is 2.36 bits per heavy atom. The van der Waals surface area contributed by atoms with Gasteiger partial charge in [0.05, 0.1) is 12.1 Å². The number of hydrogen-bond acceptors (Lipinski definition) is 2. The van der Waals surface area contributed by atoms with Crippen LogP contribution in [0.15, 0.2) is 0 Å². The first kappa shape index (κ1) is 8.72. The summed E-state index contributed by atoms with van der Waals surface area (Å²) >= 11 is 0. The number of rotatable bonds is 2. The van der Waals surface area contributed by atoms with Crippen LogP contribution in [-0.4, -0.2) is 28.8 Å². The zero-order valence-electron chi connectivity index (χ0n) is 7.85. The van der Waals surface area contributed by atoms with Gasteiger partial charge in [-0.05, 0) is 27.2 Å². The molecule has 0 aromatic carbocycles. The zero-order chi connectivity index (χ0) is 8.65. The van der Waals surface area contributed by atoms with E-state index in [0.717, 1.165) is 6.42 Å². The van der Waals surface area contributed by atoms with Gasteiger partial charge in [-0.2, -0.15) is 0 Å². The molecule has 0 bridgehead atoms. The molecule has 1 aliphatic heterocycles. The largest absolute Gasteiger partial charge is 0.296 e. The minimum atomic E-state index is -0.145. The Labute approximate surface area is 68.6 Å². The van der Waals surface area contributed by atoms with Gasteiger partial charge in [0.1, 0.15) is 0 Å². The summed E-state index contributed by atoms with van der Waals surface area (Å²) in [6, 6.07) is 0.498. The van der Waals surface area contributed by atoms with Crippen LogP contribution in [0.3, 0.4) is 0 Å². The molecular formula is C9H17NO. The van der Waals surface area contributed by atoms with Crippen LogP contribution in [0.25, 0.3) is 0 Å². The highest BCUT2D eigenvalue weighted by molar-refractivity contribution is 5.95. The highest BCUT2D eigenvalue weighted by Gasteiger charge is 2.48. The number of ketones is 1. The normalized spacial score (nSPS) is 32.6. The van der Waals surface area contributed by atoms with Crippen LogP contribution in [0.1, 0.15) is 34.1 Å². The maximum atomic E-state index is 11.3. The van der Waals surface area contributed by atoms with Crippen molar-refractivity contribution < 1.29 is 4.79 Å². The topological polar surface area (TPSA) is 20.3 Å². The smallest absolute Gasteiger partial charge is 0.166 e. The molecule has 1 atom stereocenters. The molecule has 0 aromatic heterocycles. The van der Waals surface area contributed by atoms with E-state index in [-0.39, 0.29) is 5.54 Å². The van der Waals surface area contributed by atoms with Crippen LogP contribution in [0, 0.1) is 0 Å². The standard InChI is InChI=1S/C9H17NO/c1-5-9(4)8(11)6-10(9)7(2)3/h7H,5-6H2,1-4H3. The summed E-state index contributed by atoms with van der Waals surface area (Å²) in [5.74, 6) is 0.397. The average Bonchev–Trinajstić information content (AvgIpc) is 1.97. The van der Waals surface area contributed by atoms with Crippen molar-refractivity contribution in [3.63, 3.8) is 0 Å². The fourth-order valence-electron chi connectivity index (χ4n) is 1.72. The second-order valence-corrected chi connectivity index (χ2v) is 3.77. The molecule has 1 unspecified atom stereocenters. The van der Waals surface area contributed by atoms with Gasteiger partial charge in [0, 0.05) is 6.04 Å². The van der Waals surface area contributed by atoms with E-state index in [4.69, 9.17) is 0 Å². The molecule has 1 saturated heterocycles. The molecule has 1 rings (SSSR count). The van der Waals surface area contributed by atoms with Gasteiger partial charge in [-0.15, -0.1) is 0 Å². The first-order chi connectivity index (χ1) is 5.02. The van der Waals surface area contributed by atoms with Gasteiger partial charge < -0.3 is 0 Å². The third-order valence-corrected chi connectivity index (χ3v) is 2.86. The minimum absolute atomic E-state index is 0.145. The number of hydrogen-bond donors (Lipinski definition) is 0. The number of carbonyl (C=O) groups excluding carboxylic acids is 1. The molecule has 0 amide bonds. The summed E-state index contributed by atoms with van der Waals surface area (Å²) in [5, 5.41) is 0. The Hall–Kier alpha value is -0.370. The van der Waals surface area contributed by atoms with Crippen molar-refractivity contribution in [2.45, 2.75) is 45.7 Å². The molecule has 0 spiro atoms. The summed E-state index contributed by atoms with van der Waals surface area (Å²) in [6.45, 7) is 9.05. The van der Waals surface area contributed by atoms with Crippen molar-refractivity contribution in [2.24, 2.45) is 0 Å². The average molecular weight is 155 g/mol. The molecule has 0 aliphatic carbocycles. The predicted molar refractivity (Wildman–Crippen MR) is 45.5 cm³/mol. The molecule has 1 aliphatic rings. The van der Waals surface area contributed by atoms with Crippen LogP contribution < -0.4 is 0 Å². The van der Waals surface area contributed by atoms with Gasteiger partial charge in [-0.3, -0.25) is 9.69 Å². The molecule has 0 saturated carbocycles. The molecule has 0 N–H and O–H groups in total. The summed E-state index contributed by atoms with van der Waals surface area (Å²) in [4.78, 5) is 13.5. The van der Waals surface area contributed by atoms with Crippen molar-refractivity contribution in [1.82, 2.24) is 4.90 Å². The van der Waals surface area contributed by atoms with Crippen molar-refractivity contribution >= 4 is 5.78 Å². The van der Waals surface area contributed by atoms with Crippen molar-refractivity contribution in [3.8, 4) is 0 Å². The monoisotopic (exact) mass is 155 g/mol. The fraction of sp³-hybridized carbons (Fsp3) is 0.889. The molecule has 2 nitrogen and oxygen atoms in total. The predicted octanol–water partition coefficient (Wildman–Crippen LogP) is 1.45. The lowest BCUT2D eigenvalue weighted by Crippen LogP contribution is -2.68. The molecule has 1 heterocycles. The van der Waals surface area contributed by atoms with E-state index in [9.17, 15) is 4.79 Å². The first-order valence-electron chi connectivity index (χ1n) is 4.32. The molecule has 0 radical (unpaired) electrons. The second-order valence-electron chi connectivity index (χ2n) is 3.77. The van der Waals surface area contributed by atoms with Gasteiger partial charge in [-0.25, -0.2) is 0 Å². The number of Topliss-reactive ketones (excluding diaryl/α,β-unsaturated/α-hetero) is 1. The maximum Gasteiger partial charge on any atom is 0.166 e. The lowest BCUT2D eigenvalue weighted by molar-refractivity contribution is -0.150. The lowest BCUT2D eigenvalue weighted by Gasteiger charge is -2.50. The van der Waals surface area contributed by atoms with Gasteiger partial charge >= 0.3 is 0 Å². The number of carbonyl (C=O) groups is 1. The minimum Gasteiger partial charge on any atom is -0.296 e. The van der Waals surface area contributed by atoms with E-state index in [2.05, 4.69) is 25.7 Å². The highest BCUT2D eigenvalue weighted by atomic mass is 16.1. The SMILES string of the molecule is CCC1(C)C(=O)CN1C(C)C. The molecule has 2 heteroatoms. The van der Waals surface area contributed by atoms with Crippen LogP contribution in [-0.2, 0) is 4.79 Å². The molecular weight excluding hydrogens is 138 g/mol. The van der Waals surface area contributed by atoms with Gasteiger partial charge in [0.15, 0.2) is 5.78 Å². The van der Waals surface area contributed by atoms with E-state index in [0.29, 0.717) is 18.4 Å². The van der Waals surface area contributed by atoms with Crippen LogP contribution in [0.4, 0.5) is 0 Å². The highest BCUT2D eigenvalue weighted by Crippen LogP contribution is 2.31. The summed E-state index contributed by atoms with van der Waals surface area (Å²) < 4.78 is 0. The van der Waals surface area contributed by atoms with Gasteiger partial charge in [-0.1, -0.05) is 6.92 Å². The van der Waals surface area contributed by atoms with E-state index < -0.39 is 0 Å². The van der Waals surface area contributed by atoms with E-state index in [1.807, 2.05) is 6.92 Å². The van der Waals surface area contributed by atoms with Crippen LogP contribution >= 0.6 is 0 Å². The number of nitrogens with zero attached hydrogens (tertiary/aromatic N) is 1. The first-order valence-corrected chi connectivity index (χ1v) is 4.32. The Kier molecular flexibility index (Phi) is 2.06. The Morgan fingerprint density at radius 2 is 2.18 bits per heavy atom. The second kappa shape index (κ2) is 2.59. The van der Waals surface area contributed by atoms with Gasteiger partial charge in [0.25, 0.3) is 0 Å². The lowest BCUT2D eigenvalue weighted by atomic mass is 9.81. The summed E-state index contributed by atoms with van der Waals surface area (Å²) in [6.07, 6.45) is 0.935. The Balaban J connectivity index is 2.68. The zero-order valence-corrected chi connectivity index (χ0v) is 7.85. The third-order valence-electron chi connectivity index (χ3n) is 2.86. The Morgan fingerprint density at radius 1 is 1.64 bits per heavy atom. The molecule has 0 aromatic rings. The molecule has 1 fully saturated rings. The number of likely N-dealkylation sites (tertiary alicyclic amines) is 1. The molecule has 11 heavy (non-hydrogen) atoms. The van der Waals surface area contributed by atoms with Gasteiger partial charge in [0.2, 0.25) is 0 Å². The summed E-state index contributed by atoms with van der Waals surface area (Å²) in [7, 11) is 0. The summed E-state index contributed by atoms with van der Waals surface area (Å²) in [5.41, 5.74) is -0.145. The van der Waals surface area contributed by atoms with E-state index in [1.165, 1.54) is 0 Å². The van der Waals surface area contributed by atoms with Crippen molar-refractivity contribution in [3.05, 3.63) is 0 Å². The van der Waals surface area contributed by atoms with Crippen molar-refractivity contribution in [2.75, 3.05) is 6.54 Å². The van der Waals surface area contributed by atoms with Crippen LogP contribution in [0.5, 0.6) is 0 Å². The third kappa shape index (κ3) is 1.09. The van der Waals surface area contributed by atoms with E-state index >= 15 is 0 Å². The van der Waals surface area contributed by atoms with Crippen molar-refractivity contribution in [1.29, 1.82) is 0 Å². The maximum absolute atomic E-state index is 11.3. The Bertz CT molecular complexity index is 176. The molecule has 64 valence electrons. The fourth-order valence-corrected chi connectivity index (χ4v) is 1.72. The van der Waals surface area contributed by atoms with E-state index in [1.54, 1.807) is 0 Å². The quantitative estimate of drug-likeness (QED) is 0.601. The van der Waals surface area contributed by atoms with Crippen LogP contribution in [0.2, 0.25) is 0 Å².